The topological polar surface area (TPSA) is 17.8 Å². The molecule has 0 aliphatic heterocycles. The standard InChI is InChI=1S/C15H10BrCl2FN2/c16-11-8-10(19)2-4-13(11)21-14-3-1-9(18)7-12(14)20-15(21)5-6-17/h1-4,7-8H,5-6H2. The Labute approximate surface area is 139 Å². The molecule has 0 amide bonds. The van der Waals surface area contributed by atoms with Gasteiger partial charge in [0.2, 0.25) is 0 Å². The van der Waals surface area contributed by atoms with E-state index in [0.29, 0.717) is 21.8 Å². The van der Waals surface area contributed by atoms with Crippen molar-refractivity contribution in [3.8, 4) is 5.69 Å². The first-order valence-corrected chi connectivity index (χ1v) is 7.99. The highest BCUT2D eigenvalue weighted by Crippen LogP contribution is 2.29. The lowest BCUT2D eigenvalue weighted by molar-refractivity contribution is 0.626. The zero-order chi connectivity index (χ0) is 15.0. The minimum Gasteiger partial charge on any atom is -0.295 e. The Morgan fingerprint density at radius 2 is 2.00 bits per heavy atom. The van der Waals surface area contributed by atoms with Gasteiger partial charge >= 0.3 is 0 Å². The van der Waals surface area contributed by atoms with Gasteiger partial charge in [-0.25, -0.2) is 9.37 Å². The third-order valence-electron chi connectivity index (χ3n) is 3.15. The number of hydrogen-bond acceptors (Lipinski definition) is 1. The van der Waals surface area contributed by atoms with E-state index >= 15 is 0 Å². The molecule has 0 spiro atoms. The zero-order valence-electron chi connectivity index (χ0n) is 10.8. The van der Waals surface area contributed by atoms with Crippen LogP contribution in [-0.2, 0) is 6.42 Å². The van der Waals surface area contributed by atoms with Crippen molar-refractivity contribution in [3.63, 3.8) is 0 Å². The first kappa shape index (κ1) is 14.8. The summed E-state index contributed by atoms with van der Waals surface area (Å²) in [6.07, 6.45) is 0.609. The number of hydrogen-bond donors (Lipinski definition) is 0. The molecular weight excluding hydrogens is 378 g/mol. The molecule has 3 aromatic rings. The van der Waals surface area contributed by atoms with Crippen LogP contribution in [0, 0.1) is 5.82 Å². The quantitative estimate of drug-likeness (QED) is 0.553. The third-order valence-corrected chi connectivity index (χ3v) is 4.21. The van der Waals surface area contributed by atoms with E-state index in [1.54, 1.807) is 6.07 Å². The normalized spacial score (nSPS) is 11.2. The van der Waals surface area contributed by atoms with Crippen molar-refractivity contribution >= 4 is 50.2 Å². The number of benzene rings is 2. The number of imidazole rings is 1. The highest BCUT2D eigenvalue weighted by Gasteiger charge is 2.14. The Hall–Kier alpha value is -1.10. The molecule has 1 heterocycles. The van der Waals surface area contributed by atoms with Crippen molar-refractivity contribution in [2.24, 2.45) is 0 Å². The second kappa shape index (κ2) is 5.95. The van der Waals surface area contributed by atoms with E-state index in [4.69, 9.17) is 23.2 Å². The summed E-state index contributed by atoms with van der Waals surface area (Å²) in [6.45, 7) is 0. The highest BCUT2D eigenvalue weighted by molar-refractivity contribution is 9.10. The maximum Gasteiger partial charge on any atom is 0.124 e. The predicted molar refractivity (Wildman–Crippen MR) is 88.2 cm³/mol. The zero-order valence-corrected chi connectivity index (χ0v) is 13.9. The Morgan fingerprint density at radius 3 is 2.71 bits per heavy atom. The molecule has 21 heavy (non-hydrogen) atoms. The molecule has 3 rings (SSSR count). The van der Waals surface area contributed by atoms with Crippen molar-refractivity contribution < 1.29 is 4.39 Å². The molecule has 0 bridgehead atoms. The summed E-state index contributed by atoms with van der Waals surface area (Å²) in [7, 11) is 0. The number of rotatable bonds is 3. The van der Waals surface area contributed by atoms with Crippen molar-refractivity contribution in [1.29, 1.82) is 0 Å². The van der Waals surface area contributed by atoms with E-state index in [0.717, 1.165) is 22.5 Å². The summed E-state index contributed by atoms with van der Waals surface area (Å²) in [6, 6.07) is 10.1. The molecule has 108 valence electrons. The molecule has 0 fully saturated rings. The van der Waals surface area contributed by atoms with Gasteiger partial charge in [-0.2, -0.15) is 0 Å². The molecule has 0 aliphatic carbocycles. The molecule has 0 unspecified atom stereocenters. The van der Waals surface area contributed by atoms with Crippen LogP contribution in [0.1, 0.15) is 5.82 Å². The van der Waals surface area contributed by atoms with Gasteiger partial charge in [-0.05, 0) is 52.3 Å². The van der Waals surface area contributed by atoms with Gasteiger partial charge in [-0.3, -0.25) is 4.57 Å². The van der Waals surface area contributed by atoms with Crippen LogP contribution in [-0.4, -0.2) is 15.4 Å². The Morgan fingerprint density at radius 1 is 1.19 bits per heavy atom. The van der Waals surface area contributed by atoms with E-state index in [1.165, 1.54) is 12.1 Å². The molecule has 0 saturated heterocycles. The summed E-state index contributed by atoms with van der Waals surface area (Å²) >= 11 is 15.3. The maximum absolute atomic E-state index is 13.3. The predicted octanol–water partition coefficient (Wildman–Crippen LogP) is 5.36. The van der Waals surface area contributed by atoms with Gasteiger partial charge in [0.25, 0.3) is 0 Å². The summed E-state index contributed by atoms with van der Waals surface area (Å²) in [5.41, 5.74) is 2.52. The van der Waals surface area contributed by atoms with Gasteiger partial charge in [0, 0.05) is 21.8 Å². The number of aromatic nitrogens is 2. The molecular formula is C15H10BrCl2FN2. The summed E-state index contributed by atoms with van der Waals surface area (Å²) in [5, 5.41) is 0.628. The fraction of sp³-hybridized carbons (Fsp3) is 0.133. The van der Waals surface area contributed by atoms with Crippen molar-refractivity contribution in [1.82, 2.24) is 9.55 Å². The minimum atomic E-state index is -0.294. The number of fused-ring (bicyclic) bond motifs is 1. The van der Waals surface area contributed by atoms with Gasteiger partial charge in [-0.15, -0.1) is 11.6 Å². The monoisotopic (exact) mass is 386 g/mol. The fourth-order valence-electron chi connectivity index (χ4n) is 2.29. The molecule has 0 atom stereocenters. The summed E-state index contributed by atoms with van der Waals surface area (Å²) in [4.78, 5) is 4.58. The largest absolute Gasteiger partial charge is 0.295 e. The molecule has 0 aliphatic rings. The van der Waals surface area contributed by atoms with E-state index in [-0.39, 0.29) is 5.82 Å². The van der Waals surface area contributed by atoms with Gasteiger partial charge in [0.15, 0.2) is 0 Å². The third kappa shape index (κ3) is 2.80. The lowest BCUT2D eigenvalue weighted by Crippen LogP contribution is -2.03. The van der Waals surface area contributed by atoms with Crippen LogP contribution in [0.2, 0.25) is 5.02 Å². The van der Waals surface area contributed by atoms with Crippen LogP contribution in [0.5, 0.6) is 0 Å². The summed E-state index contributed by atoms with van der Waals surface area (Å²) in [5.74, 6) is 0.974. The lowest BCUT2D eigenvalue weighted by atomic mass is 10.2. The minimum absolute atomic E-state index is 0.294. The van der Waals surface area contributed by atoms with Crippen molar-refractivity contribution in [2.75, 3.05) is 5.88 Å². The maximum atomic E-state index is 13.3. The smallest absolute Gasteiger partial charge is 0.124 e. The molecule has 0 N–H and O–H groups in total. The highest BCUT2D eigenvalue weighted by atomic mass is 79.9. The number of nitrogens with zero attached hydrogens (tertiary/aromatic N) is 2. The molecule has 6 heteroatoms. The van der Waals surface area contributed by atoms with Gasteiger partial charge < -0.3 is 0 Å². The van der Waals surface area contributed by atoms with E-state index in [1.807, 2.05) is 22.8 Å². The lowest BCUT2D eigenvalue weighted by Gasteiger charge is -2.11. The van der Waals surface area contributed by atoms with Gasteiger partial charge in [0.1, 0.15) is 11.6 Å². The second-order valence-electron chi connectivity index (χ2n) is 4.53. The average Bonchev–Trinajstić information content (AvgIpc) is 2.76. The number of alkyl halides is 1. The van der Waals surface area contributed by atoms with Crippen LogP contribution in [0.15, 0.2) is 40.9 Å². The van der Waals surface area contributed by atoms with Crippen LogP contribution < -0.4 is 0 Å². The molecule has 2 aromatic carbocycles. The van der Waals surface area contributed by atoms with Crippen LogP contribution in [0.3, 0.4) is 0 Å². The molecule has 2 nitrogen and oxygen atoms in total. The van der Waals surface area contributed by atoms with Crippen molar-refractivity contribution in [3.05, 3.63) is 57.5 Å². The van der Waals surface area contributed by atoms with Crippen molar-refractivity contribution in [2.45, 2.75) is 6.42 Å². The van der Waals surface area contributed by atoms with Gasteiger partial charge in [0.05, 0.1) is 16.7 Å². The second-order valence-corrected chi connectivity index (χ2v) is 6.20. The Bertz CT molecular complexity index is 817. The fourth-order valence-corrected chi connectivity index (χ4v) is 3.15. The van der Waals surface area contributed by atoms with Gasteiger partial charge in [-0.1, -0.05) is 11.6 Å². The van der Waals surface area contributed by atoms with E-state index in [2.05, 4.69) is 20.9 Å². The van der Waals surface area contributed by atoms with Crippen LogP contribution in [0.4, 0.5) is 4.39 Å². The number of aryl methyl sites for hydroxylation is 1. The average molecular weight is 388 g/mol. The molecule has 0 saturated carbocycles. The Balaban J connectivity index is 2.30. The van der Waals surface area contributed by atoms with E-state index < -0.39 is 0 Å². The van der Waals surface area contributed by atoms with E-state index in [9.17, 15) is 4.39 Å². The van der Waals surface area contributed by atoms with Crippen LogP contribution >= 0.6 is 39.1 Å². The summed E-state index contributed by atoms with van der Waals surface area (Å²) < 4.78 is 15.9. The molecule has 0 radical (unpaired) electrons. The first-order valence-electron chi connectivity index (χ1n) is 6.28. The number of halogens is 4. The SMILES string of the molecule is Fc1ccc(-n2c(CCCl)nc3cc(Cl)ccc32)c(Br)c1. The Kier molecular flexibility index (Phi) is 4.20. The van der Waals surface area contributed by atoms with Crippen LogP contribution in [0.25, 0.3) is 16.7 Å². The molecule has 1 aromatic heterocycles. The first-order chi connectivity index (χ1) is 10.1.